The lowest BCUT2D eigenvalue weighted by Gasteiger charge is -2.01. The normalized spacial score (nSPS) is 11.9. The minimum absolute atomic E-state index is 0.123. The zero-order valence-corrected chi connectivity index (χ0v) is 13.2. The van der Waals surface area contributed by atoms with Gasteiger partial charge in [-0.25, -0.2) is 13.1 Å². The number of hydrogen-bond donors (Lipinski definition) is 2. The van der Waals surface area contributed by atoms with Crippen LogP contribution in [0.25, 0.3) is 0 Å². The minimum Gasteiger partial charge on any atom is -0.361 e. The van der Waals surface area contributed by atoms with Crippen molar-refractivity contribution in [1.82, 2.24) is 15.2 Å². The first kappa shape index (κ1) is 15.2. The molecule has 0 bridgehead atoms. The fourth-order valence-electron chi connectivity index (χ4n) is 1.70. The van der Waals surface area contributed by atoms with Gasteiger partial charge in [0.25, 0.3) is 0 Å². The highest BCUT2D eigenvalue weighted by molar-refractivity contribution is 7.91. The van der Waals surface area contributed by atoms with E-state index in [1.165, 1.54) is 11.3 Å². The van der Waals surface area contributed by atoms with Crippen molar-refractivity contribution in [2.24, 2.45) is 0 Å². The average molecular weight is 315 g/mol. The van der Waals surface area contributed by atoms with Gasteiger partial charge in [0, 0.05) is 17.5 Å². The van der Waals surface area contributed by atoms with Crippen LogP contribution in [-0.2, 0) is 23.1 Å². The number of sulfonamides is 1. The molecule has 2 N–H and O–H groups in total. The van der Waals surface area contributed by atoms with E-state index in [9.17, 15) is 8.42 Å². The summed E-state index contributed by atoms with van der Waals surface area (Å²) in [6.45, 7) is 4.45. The van der Waals surface area contributed by atoms with Crippen molar-refractivity contribution >= 4 is 21.4 Å². The summed E-state index contributed by atoms with van der Waals surface area (Å²) in [7, 11) is -1.68. The third kappa shape index (κ3) is 3.45. The van der Waals surface area contributed by atoms with E-state index < -0.39 is 10.0 Å². The molecule has 0 aliphatic heterocycles. The zero-order valence-electron chi connectivity index (χ0n) is 11.6. The van der Waals surface area contributed by atoms with E-state index in [1.807, 2.05) is 14.0 Å². The van der Waals surface area contributed by atoms with Crippen LogP contribution in [0.3, 0.4) is 0 Å². The molecule has 0 atom stereocenters. The second-order valence-corrected chi connectivity index (χ2v) is 7.59. The first-order chi connectivity index (χ1) is 9.42. The van der Waals surface area contributed by atoms with Crippen LogP contribution in [0.2, 0.25) is 0 Å². The Bertz CT molecular complexity index is 689. The molecule has 6 nitrogen and oxygen atoms in total. The van der Waals surface area contributed by atoms with Crippen molar-refractivity contribution in [3.63, 3.8) is 0 Å². The van der Waals surface area contributed by atoms with Gasteiger partial charge in [-0.05, 0) is 32.5 Å². The Hall–Kier alpha value is -1.22. The molecule has 0 spiro atoms. The van der Waals surface area contributed by atoms with Gasteiger partial charge < -0.3 is 9.84 Å². The van der Waals surface area contributed by atoms with E-state index in [0.29, 0.717) is 22.2 Å². The Labute approximate surface area is 122 Å². The number of aromatic nitrogens is 1. The first-order valence-electron chi connectivity index (χ1n) is 6.08. The fourth-order valence-corrected chi connectivity index (χ4v) is 4.34. The topological polar surface area (TPSA) is 84.2 Å². The Morgan fingerprint density at radius 3 is 2.65 bits per heavy atom. The molecule has 0 saturated carbocycles. The minimum atomic E-state index is -3.51. The molecule has 0 unspecified atom stereocenters. The van der Waals surface area contributed by atoms with Crippen molar-refractivity contribution < 1.29 is 12.9 Å². The molecule has 0 fully saturated rings. The van der Waals surface area contributed by atoms with E-state index in [0.717, 1.165) is 10.4 Å². The number of thiophene rings is 1. The molecule has 2 aromatic rings. The summed E-state index contributed by atoms with van der Waals surface area (Å²) in [5, 5.41) is 6.78. The van der Waals surface area contributed by atoms with Crippen LogP contribution in [-0.4, -0.2) is 20.6 Å². The van der Waals surface area contributed by atoms with E-state index in [1.54, 1.807) is 19.1 Å². The molecular weight excluding hydrogens is 298 g/mol. The molecular formula is C12H17N3O3S2. The number of hydrogen-bond acceptors (Lipinski definition) is 6. The summed E-state index contributed by atoms with van der Waals surface area (Å²) < 4.78 is 32.2. The molecule has 0 aliphatic rings. The maximum atomic E-state index is 12.2. The van der Waals surface area contributed by atoms with E-state index in [-0.39, 0.29) is 6.54 Å². The lowest BCUT2D eigenvalue weighted by molar-refractivity contribution is 0.390. The Morgan fingerprint density at radius 2 is 2.05 bits per heavy atom. The molecule has 2 heterocycles. The lowest BCUT2D eigenvalue weighted by atomic mass is 10.3. The van der Waals surface area contributed by atoms with E-state index in [4.69, 9.17) is 4.52 Å². The predicted molar refractivity (Wildman–Crippen MR) is 77.1 cm³/mol. The molecule has 0 aliphatic carbocycles. The van der Waals surface area contributed by atoms with Crippen molar-refractivity contribution in [2.75, 3.05) is 7.05 Å². The van der Waals surface area contributed by atoms with Crippen LogP contribution in [0.1, 0.15) is 21.9 Å². The van der Waals surface area contributed by atoms with Crippen molar-refractivity contribution in [3.05, 3.63) is 34.0 Å². The third-order valence-electron chi connectivity index (χ3n) is 2.72. The molecule has 8 heteroatoms. The maximum Gasteiger partial charge on any atom is 0.250 e. The van der Waals surface area contributed by atoms with Gasteiger partial charge in [-0.1, -0.05) is 5.16 Å². The fraction of sp³-hybridized carbons (Fsp3) is 0.417. The smallest absolute Gasteiger partial charge is 0.250 e. The van der Waals surface area contributed by atoms with Gasteiger partial charge >= 0.3 is 0 Å². The molecule has 0 radical (unpaired) electrons. The summed E-state index contributed by atoms with van der Waals surface area (Å²) in [4.78, 5) is 1.02. The first-order valence-corrected chi connectivity index (χ1v) is 8.38. The van der Waals surface area contributed by atoms with Gasteiger partial charge in [-0.15, -0.1) is 11.3 Å². The predicted octanol–water partition coefficient (Wildman–Crippen LogP) is 1.55. The van der Waals surface area contributed by atoms with E-state index >= 15 is 0 Å². The third-order valence-corrected chi connectivity index (χ3v) is 5.83. The van der Waals surface area contributed by atoms with Crippen LogP contribution >= 0.6 is 11.3 Å². The molecule has 2 rings (SSSR count). The number of nitrogens with one attached hydrogen (secondary N) is 2. The van der Waals surface area contributed by atoms with Crippen LogP contribution in [0.15, 0.2) is 20.9 Å². The van der Waals surface area contributed by atoms with Gasteiger partial charge in [0.1, 0.15) is 9.97 Å². The zero-order chi connectivity index (χ0) is 14.8. The molecule has 2 aromatic heterocycles. The average Bonchev–Trinajstić information content (AvgIpc) is 2.95. The second kappa shape index (κ2) is 6.04. The molecule has 0 amide bonds. The van der Waals surface area contributed by atoms with Crippen LogP contribution in [0.5, 0.6) is 0 Å². The Kier molecular flexibility index (Phi) is 4.59. The van der Waals surface area contributed by atoms with Crippen LogP contribution in [0, 0.1) is 13.8 Å². The highest BCUT2D eigenvalue weighted by Gasteiger charge is 2.19. The largest absolute Gasteiger partial charge is 0.361 e. The lowest BCUT2D eigenvalue weighted by Crippen LogP contribution is -2.22. The highest BCUT2D eigenvalue weighted by Crippen LogP contribution is 2.25. The summed E-state index contributed by atoms with van der Waals surface area (Å²) in [6, 6.07) is 3.39. The van der Waals surface area contributed by atoms with Gasteiger partial charge in [-0.2, -0.15) is 0 Å². The Morgan fingerprint density at radius 1 is 1.30 bits per heavy atom. The summed E-state index contributed by atoms with van der Waals surface area (Å²) in [5.41, 5.74) is 1.54. The standard InChI is InChI=1S/C12H17N3O3S2/c1-8-4-12(19-11(8)7-13-3)20(16,17)14-6-10-5-9(2)18-15-10/h4-5,13-14H,6-7H2,1-3H3. The molecule has 0 saturated heterocycles. The second-order valence-electron chi connectivity index (χ2n) is 4.46. The number of nitrogens with zero attached hydrogens (tertiary/aromatic N) is 1. The van der Waals surface area contributed by atoms with Gasteiger partial charge in [0.15, 0.2) is 0 Å². The maximum absolute atomic E-state index is 12.2. The van der Waals surface area contributed by atoms with Crippen molar-refractivity contribution in [3.8, 4) is 0 Å². The SMILES string of the molecule is CNCc1sc(S(=O)(=O)NCc2cc(C)on2)cc1C. The molecule has 110 valence electrons. The quantitative estimate of drug-likeness (QED) is 0.845. The number of rotatable bonds is 6. The van der Waals surface area contributed by atoms with Crippen molar-refractivity contribution in [1.29, 1.82) is 0 Å². The van der Waals surface area contributed by atoms with Crippen molar-refractivity contribution in [2.45, 2.75) is 31.1 Å². The monoisotopic (exact) mass is 315 g/mol. The molecule has 0 aromatic carbocycles. The summed E-state index contributed by atoms with van der Waals surface area (Å²) >= 11 is 1.27. The van der Waals surface area contributed by atoms with Crippen LogP contribution < -0.4 is 10.0 Å². The summed E-state index contributed by atoms with van der Waals surface area (Å²) in [6.07, 6.45) is 0. The van der Waals surface area contributed by atoms with E-state index in [2.05, 4.69) is 15.2 Å². The summed E-state index contributed by atoms with van der Waals surface area (Å²) in [5.74, 6) is 0.655. The number of aryl methyl sites for hydroxylation is 2. The molecule has 20 heavy (non-hydrogen) atoms. The van der Waals surface area contributed by atoms with Gasteiger partial charge in [0.2, 0.25) is 10.0 Å². The highest BCUT2D eigenvalue weighted by atomic mass is 32.2. The Balaban J connectivity index is 2.11. The van der Waals surface area contributed by atoms with Crippen LogP contribution in [0.4, 0.5) is 0 Å². The van der Waals surface area contributed by atoms with Gasteiger partial charge in [-0.3, -0.25) is 0 Å². The van der Waals surface area contributed by atoms with Gasteiger partial charge in [0.05, 0.1) is 12.2 Å².